The summed E-state index contributed by atoms with van der Waals surface area (Å²) in [5.74, 6) is 2.05. The van der Waals surface area contributed by atoms with Crippen LogP contribution in [0, 0.1) is 5.92 Å². The monoisotopic (exact) mass is 405 g/mol. The molecule has 0 aliphatic rings. The molecule has 5 heteroatoms. The molecule has 0 aliphatic heterocycles. The lowest BCUT2D eigenvalue weighted by molar-refractivity contribution is 0.271. The van der Waals surface area contributed by atoms with E-state index in [2.05, 4.69) is 32.7 Å². The molecule has 0 atom stereocenters. The van der Waals surface area contributed by atoms with Gasteiger partial charge in [-0.1, -0.05) is 26.0 Å². The molecule has 0 saturated heterocycles. The van der Waals surface area contributed by atoms with Gasteiger partial charge in [0.2, 0.25) is 0 Å². The maximum atomic E-state index is 5.95. The topological polar surface area (TPSA) is 50.8 Å². The maximum absolute atomic E-state index is 5.95. The van der Waals surface area contributed by atoms with E-state index in [1.807, 2.05) is 29.2 Å². The van der Waals surface area contributed by atoms with E-state index < -0.39 is 0 Å². The first-order chi connectivity index (χ1) is 9.56. The third kappa shape index (κ3) is 7.55. The van der Waals surface area contributed by atoms with E-state index in [1.54, 1.807) is 0 Å². The minimum absolute atomic E-state index is 0. The molecule has 0 radical (unpaired) electrons. The number of benzene rings is 1. The lowest BCUT2D eigenvalue weighted by Gasteiger charge is -2.19. The number of nitrogens with two attached hydrogens (primary N) is 1. The highest BCUT2D eigenvalue weighted by Crippen LogP contribution is 2.13. The fraction of sp³-hybridized carbons (Fsp3) is 0.562. The minimum Gasteiger partial charge on any atom is -0.493 e. The first kappa shape index (κ1) is 20.0. The van der Waals surface area contributed by atoms with Gasteiger partial charge in [-0.25, -0.2) is 4.99 Å². The third-order valence-electron chi connectivity index (χ3n) is 3.02. The molecule has 1 aromatic carbocycles. The zero-order chi connectivity index (χ0) is 15.0. The van der Waals surface area contributed by atoms with E-state index in [-0.39, 0.29) is 24.0 Å². The standard InChI is InChI=1S/C16H27N3O.HI/c1-5-19(6-2)16(17)18-11-14-7-9-15(10-8-14)20-12-13(3)4;/h7-10,13H,5-6,11-12H2,1-4H3,(H2,17,18);1H. The lowest BCUT2D eigenvalue weighted by Crippen LogP contribution is -2.37. The molecule has 1 aromatic rings. The van der Waals surface area contributed by atoms with Crippen LogP contribution in [0.25, 0.3) is 0 Å². The summed E-state index contributed by atoms with van der Waals surface area (Å²) in [5, 5.41) is 0. The molecule has 0 aliphatic carbocycles. The Kier molecular flexibility index (Phi) is 10.2. The van der Waals surface area contributed by atoms with Crippen LogP contribution in [0.1, 0.15) is 33.3 Å². The Morgan fingerprint density at radius 1 is 1.19 bits per heavy atom. The molecule has 1 rings (SSSR count). The average Bonchev–Trinajstić information content (AvgIpc) is 2.45. The van der Waals surface area contributed by atoms with Crippen molar-refractivity contribution in [1.82, 2.24) is 4.90 Å². The Bertz CT molecular complexity index is 414. The molecular formula is C16H28IN3O. The summed E-state index contributed by atoms with van der Waals surface area (Å²) < 4.78 is 5.65. The van der Waals surface area contributed by atoms with E-state index >= 15 is 0 Å². The van der Waals surface area contributed by atoms with Gasteiger partial charge in [0.05, 0.1) is 13.2 Å². The second-order valence-electron chi connectivity index (χ2n) is 5.20. The van der Waals surface area contributed by atoms with Crippen molar-refractivity contribution in [2.24, 2.45) is 16.6 Å². The van der Waals surface area contributed by atoms with Crippen molar-refractivity contribution in [3.05, 3.63) is 29.8 Å². The van der Waals surface area contributed by atoms with Gasteiger partial charge < -0.3 is 15.4 Å². The van der Waals surface area contributed by atoms with Gasteiger partial charge in [0, 0.05) is 13.1 Å². The predicted octanol–water partition coefficient (Wildman–Crippen LogP) is 3.50. The first-order valence-corrected chi connectivity index (χ1v) is 7.33. The van der Waals surface area contributed by atoms with Crippen LogP contribution in [0.15, 0.2) is 29.3 Å². The third-order valence-corrected chi connectivity index (χ3v) is 3.02. The first-order valence-electron chi connectivity index (χ1n) is 7.33. The van der Waals surface area contributed by atoms with Crippen LogP contribution in [0.4, 0.5) is 0 Å². The number of aliphatic imine (C=N–C) groups is 1. The van der Waals surface area contributed by atoms with Crippen molar-refractivity contribution in [3.63, 3.8) is 0 Å². The van der Waals surface area contributed by atoms with E-state index in [0.29, 0.717) is 18.4 Å². The van der Waals surface area contributed by atoms with Crippen molar-refractivity contribution in [2.75, 3.05) is 19.7 Å². The average molecular weight is 405 g/mol. The van der Waals surface area contributed by atoms with Crippen molar-refractivity contribution in [2.45, 2.75) is 34.2 Å². The van der Waals surface area contributed by atoms with Gasteiger partial charge in [-0.3, -0.25) is 0 Å². The molecule has 120 valence electrons. The van der Waals surface area contributed by atoms with Gasteiger partial charge in [0.25, 0.3) is 0 Å². The Hall–Kier alpha value is -0.980. The summed E-state index contributed by atoms with van der Waals surface area (Å²) in [4.78, 5) is 6.46. The minimum atomic E-state index is 0. The molecule has 0 amide bonds. The zero-order valence-electron chi connectivity index (χ0n) is 13.5. The SMILES string of the molecule is CCN(CC)C(N)=NCc1ccc(OCC(C)C)cc1.I. The van der Waals surface area contributed by atoms with E-state index in [4.69, 9.17) is 10.5 Å². The Morgan fingerprint density at radius 2 is 1.76 bits per heavy atom. The quantitative estimate of drug-likeness (QED) is 0.429. The van der Waals surface area contributed by atoms with E-state index in [9.17, 15) is 0 Å². The number of guanidine groups is 1. The van der Waals surface area contributed by atoms with Gasteiger partial charge in [-0.05, 0) is 37.5 Å². The smallest absolute Gasteiger partial charge is 0.191 e. The molecule has 2 N–H and O–H groups in total. The second-order valence-corrected chi connectivity index (χ2v) is 5.20. The zero-order valence-corrected chi connectivity index (χ0v) is 15.8. The molecule has 21 heavy (non-hydrogen) atoms. The largest absolute Gasteiger partial charge is 0.493 e. The molecule has 0 saturated carbocycles. The van der Waals surface area contributed by atoms with Gasteiger partial charge in [-0.2, -0.15) is 0 Å². The van der Waals surface area contributed by atoms with Crippen LogP contribution < -0.4 is 10.5 Å². The van der Waals surface area contributed by atoms with Crippen molar-refractivity contribution in [3.8, 4) is 5.75 Å². The molecular weight excluding hydrogens is 377 g/mol. The number of halogens is 1. The molecule has 0 aromatic heterocycles. The van der Waals surface area contributed by atoms with Crippen LogP contribution in [-0.4, -0.2) is 30.6 Å². The van der Waals surface area contributed by atoms with Gasteiger partial charge in [0.1, 0.15) is 5.75 Å². The fourth-order valence-corrected chi connectivity index (χ4v) is 1.77. The summed E-state index contributed by atoms with van der Waals surface area (Å²) in [6.07, 6.45) is 0. The van der Waals surface area contributed by atoms with Gasteiger partial charge in [0.15, 0.2) is 5.96 Å². The summed E-state index contributed by atoms with van der Waals surface area (Å²) in [6.45, 7) is 11.5. The van der Waals surface area contributed by atoms with Crippen LogP contribution in [0.5, 0.6) is 5.75 Å². The van der Waals surface area contributed by atoms with Crippen LogP contribution in [0.3, 0.4) is 0 Å². The summed E-state index contributed by atoms with van der Waals surface area (Å²) in [6, 6.07) is 8.05. The van der Waals surface area contributed by atoms with Crippen LogP contribution in [-0.2, 0) is 6.54 Å². The van der Waals surface area contributed by atoms with Crippen LogP contribution >= 0.6 is 24.0 Å². The maximum Gasteiger partial charge on any atom is 0.191 e. The van der Waals surface area contributed by atoms with Crippen molar-refractivity contribution >= 4 is 29.9 Å². The predicted molar refractivity (Wildman–Crippen MR) is 100 cm³/mol. The number of nitrogens with zero attached hydrogens (tertiary/aromatic N) is 2. The molecule has 4 nitrogen and oxygen atoms in total. The number of ether oxygens (including phenoxy) is 1. The second kappa shape index (κ2) is 10.7. The molecule has 0 bridgehead atoms. The lowest BCUT2D eigenvalue weighted by atomic mass is 10.2. The van der Waals surface area contributed by atoms with Crippen molar-refractivity contribution < 1.29 is 4.74 Å². The summed E-state index contributed by atoms with van der Waals surface area (Å²) >= 11 is 0. The fourth-order valence-electron chi connectivity index (χ4n) is 1.77. The Labute approximate surface area is 145 Å². The highest BCUT2D eigenvalue weighted by molar-refractivity contribution is 14.0. The van der Waals surface area contributed by atoms with Crippen molar-refractivity contribution in [1.29, 1.82) is 0 Å². The highest BCUT2D eigenvalue weighted by Gasteiger charge is 2.02. The molecule has 0 spiro atoms. The Balaban J connectivity index is 0.00000400. The highest BCUT2D eigenvalue weighted by atomic mass is 127. The number of hydrogen-bond donors (Lipinski definition) is 1. The number of hydrogen-bond acceptors (Lipinski definition) is 2. The summed E-state index contributed by atoms with van der Waals surface area (Å²) in [7, 11) is 0. The normalized spacial score (nSPS) is 11.2. The molecule has 0 unspecified atom stereocenters. The molecule has 0 fully saturated rings. The van der Waals surface area contributed by atoms with Gasteiger partial charge in [-0.15, -0.1) is 24.0 Å². The van der Waals surface area contributed by atoms with E-state index in [0.717, 1.165) is 31.0 Å². The van der Waals surface area contributed by atoms with Gasteiger partial charge >= 0.3 is 0 Å². The van der Waals surface area contributed by atoms with E-state index in [1.165, 1.54) is 0 Å². The Morgan fingerprint density at radius 3 is 2.24 bits per heavy atom. The molecule has 0 heterocycles. The van der Waals surface area contributed by atoms with Crippen LogP contribution in [0.2, 0.25) is 0 Å². The number of rotatable bonds is 7. The summed E-state index contributed by atoms with van der Waals surface area (Å²) in [5.41, 5.74) is 7.09.